The summed E-state index contributed by atoms with van der Waals surface area (Å²) in [6.07, 6.45) is 4.76. The minimum absolute atomic E-state index is 0.343. The van der Waals surface area contributed by atoms with E-state index in [1.807, 2.05) is 20.8 Å². The monoisotopic (exact) mass is 345 g/mol. The summed E-state index contributed by atoms with van der Waals surface area (Å²) >= 11 is 7.39. The van der Waals surface area contributed by atoms with Gasteiger partial charge in [0.2, 0.25) is 0 Å². The maximum absolute atomic E-state index is 11.7. The molecule has 1 aliphatic carbocycles. The first-order valence-electron chi connectivity index (χ1n) is 7.64. The Kier molecular flexibility index (Phi) is 6.06. The molecular weight excluding hydrogens is 322 g/mol. The second kappa shape index (κ2) is 7.62. The lowest BCUT2D eigenvalue weighted by Crippen LogP contribution is -2.40. The molecule has 1 aromatic rings. The minimum Gasteiger partial charge on any atom is -0.444 e. The van der Waals surface area contributed by atoms with E-state index < -0.39 is 5.60 Å². The Balaban J connectivity index is 1.74. The third kappa shape index (κ3) is 5.74. The van der Waals surface area contributed by atoms with Crippen molar-refractivity contribution < 1.29 is 9.53 Å². The first-order valence-corrected chi connectivity index (χ1v) is 8.83. The van der Waals surface area contributed by atoms with Gasteiger partial charge in [-0.25, -0.2) is 9.78 Å². The molecule has 2 rings (SSSR count). The lowest BCUT2D eigenvalue weighted by Gasteiger charge is -2.23. The Morgan fingerprint density at radius 3 is 2.91 bits per heavy atom. The number of alkyl carbamates (subject to hydrolysis) is 1. The van der Waals surface area contributed by atoms with E-state index in [2.05, 4.69) is 15.6 Å². The summed E-state index contributed by atoms with van der Waals surface area (Å²) in [6, 6.07) is 0.401. The summed E-state index contributed by atoms with van der Waals surface area (Å²) in [6.45, 7) is 6.97. The zero-order valence-electron chi connectivity index (χ0n) is 13.3. The van der Waals surface area contributed by atoms with E-state index in [0.29, 0.717) is 22.8 Å². The molecule has 0 radical (unpaired) electrons. The topological polar surface area (TPSA) is 63.2 Å². The number of amides is 1. The number of aromatic nitrogens is 1. The van der Waals surface area contributed by atoms with E-state index in [1.54, 1.807) is 6.20 Å². The van der Waals surface area contributed by atoms with Gasteiger partial charge in [0.1, 0.15) is 14.9 Å². The zero-order chi connectivity index (χ0) is 16.2. The van der Waals surface area contributed by atoms with Crippen molar-refractivity contribution in [1.29, 1.82) is 0 Å². The highest BCUT2D eigenvalue weighted by atomic mass is 35.5. The normalized spacial score (nSPS) is 21.8. The highest BCUT2D eigenvalue weighted by Gasteiger charge is 2.28. The quantitative estimate of drug-likeness (QED) is 0.856. The van der Waals surface area contributed by atoms with E-state index >= 15 is 0 Å². The molecule has 5 nitrogen and oxygen atoms in total. The maximum Gasteiger partial charge on any atom is 0.407 e. The molecule has 0 saturated heterocycles. The Labute approximate surface area is 140 Å². The van der Waals surface area contributed by atoms with Crippen LogP contribution < -0.4 is 10.6 Å². The molecule has 1 amide bonds. The summed E-state index contributed by atoms with van der Waals surface area (Å²) in [5, 5.41) is 7.40. The third-order valence-electron chi connectivity index (χ3n) is 3.61. The van der Waals surface area contributed by atoms with Gasteiger partial charge >= 0.3 is 6.09 Å². The lowest BCUT2D eigenvalue weighted by molar-refractivity contribution is 0.0517. The first kappa shape index (κ1) is 17.5. The fraction of sp³-hybridized carbons (Fsp3) is 0.733. The van der Waals surface area contributed by atoms with Crippen LogP contribution in [0.1, 0.15) is 45.0 Å². The molecular formula is C15H24ClN3O2S. The minimum atomic E-state index is -0.457. The van der Waals surface area contributed by atoms with E-state index in [4.69, 9.17) is 16.3 Å². The second-order valence-electron chi connectivity index (χ2n) is 6.62. The van der Waals surface area contributed by atoms with E-state index in [1.165, 1.54) is 17.8 Å². The number of carbonyl (C=O) groups excluding carboxylic acids is 1. The van der Waals surface area contributed by atoms with Crippen molar-refractivity contribution in [2.45, 2.75) is 58.2 Å². The van der Waals surface area contributed by atoms with Crippen LogP contribution >= 0.6 is 22.9 Å². The SMILES string of the molecule is CC(C)(C)OC(=O)NCC1CCCC1NCc1ncc(Cl)s1. The number of nitrogens with zero attached hydrogens (tertiary/aromatic N) is 1. The Hall–Kier alpha value is -0.850. The van der Waals surface area contributed by atoms with Gasteiger partial charge in [0, 0.05) is 19.1 Å². The molecule has 0 spiro atoms. The van der Waals surface area contributed by atoms with Crippen molar-refractivity contribution in [3.63, 3.8) is 0 Å². The van der Waals surface area contributed by atoms with Crippen LogP contribution in [0.2, 0.25) is 4.34 Å². The van der Waals surface area contributed by atoms with Gasteiger partial charge in [0.15, 0.2) is 0 Å². The van der Waals surface area contributed by atoms with Crippen molar-refractivity contribution >= 4 is 29.0 Å². The maximum atomic E-state index is 11.7. The summed E-state index contributed by atoms with van der Waals surface area (Å²) < 4.78 is 5.99. The molecule has 7 heteroatoms. The number of rotatable bonds is 5. The zero-order valence-corrected chi connectivity index (χ0v) is 14.9. The molecule has 1 fully saturated rings. The number of thiazole rings is 1. The molecule has 0 bridgehead atoms. The Bertz CT molecular complexity index is 501. The predicted molar refractivity (Wildman–Crippen MR) is 89.3 cm³/mol. The van der Waals surface area contributed by atoms with Gasteiger partial charge in [-0.2, -0.15) is 0 Å². The van der Waals surface area contributed by atoms with Gasteiger partial charge in [0.25, 0.3) is 0 Å². The van der Waals surface area contributed by atoms with Crippen LogP contribution in [0, 0.1) is 5.92 Å². The van der Waals surface area contributed by atoms with Crippen LogP contribution in [0.25, 0.3) is 0 Å². The fourth-order valence-corrected chi connectivity index (χ4v) is 3.57. The van der Waals surface area contributed by atoms with Gasteiger partial charge in [-0.1, -0.05) is 18.0 Å². The van der Waals surface area contributed by atoms with Crippen LogP contribution in [-0.4, -0.2) is 29.3 Å². The molecule has 0 aromatic carbocycles. The van der Waals surface area contributed by atoms with Gasteiger partial charge in [-0.05, 0) is 39.5 Å². The standard InChI is InChI=1S/C15H24ClN3O2S/c1-15(2,3)21-14(20)19-7-10-5-4-6-11(10)17-9-13-18-8-12(16)22-13/h8,10-11,17H,4-7,9H2,1-3H3,(H,19,20). The largest absolute Gasteiger partial charge is 0.444 e. The summed E-state index contributed by atoms with van der Waals surface area (Å²) in [5.41, 5.74) is -0.457. The van der Waals surface area contributed by atoms with Crippen LogP contribution in [0.4, 0.5) is 4.79 Å². The smallest absolute Gasteiger partial charge is 0.407 e. The third-order valence-corrected chi connectivity index (χ3v) is 4.72. The van der Waals surface area contributed by atoms with E-state index in [-0.39, 0.29) is 6.09 Å². The number of ether oxygens (including phenoxy) is 1. The van der Waals surface area contributed by atoms with Gasteiger partial charge in [-0.3, -0.25) is 0 Å². The van der Waals surface area contributed by atoms with Crippen molar-refractivity contribution in [3.05, 3.63) is 15.5 Å². The number of hydrogen-bond donors (Lipinski definition) is 2. The van der Waals surface area contributed by atoms with Gasteiger partial charge in [0.05, 0.1) is 6.20 Å². The molecule has 1 aliphatic rings. The fourth-order valence-electron chi connectivity index (χ4n) is 2.67. The van der Waals surface area contributed by atoms with E-state index in [9.17, 15) is 4.79 Å². The molecule has 1 aromatic heterocycles. The number of hydrogen-bond acceptors (Lipinski definition) is 5. The average Bonchev–Trinajstić information content (AvgIpc) is 3.00. The van der Waals surface area contributed by atoms with Crippen molar-refractivity contribution in [2.24, 2.45) is 5.92 Å². The van der Waals surface area contributed by atoms with E-state index in [0.717, 1.165) is 24.4 Å². The predicted octanol–water partition coefficient (Wildman–Crippen LogP) is 3.58. The molecule has 1 saturated carbocycles. The first-order chi connectivity index (χ1) is 10.3. The average molecular weight is 346 g/mol. The molecule has 2 unspecified atom stereocenters. The number of carbonyl (C=O) groups is 1. The highest BCUT2D eigenvalue weighted by Crippen LogP contribution is 2.26. The molecule has 22 heavy (non-hydrogen) atoms. The summed E-state index contributed by atoms with van der Waals surface area (Å²) in [5.74, 6) is 0.433. The molecule has 2 atom stereocenters. The summed E-state index contributed by atoms with van der Waals surface area (Å²) in [4.78, 5) is 16.0. The van der Waals surface area contributed by atoms with Crippen molar-refractivity contribution in [2.75, 3.05) is 6.54 Å². The van der Waals surface area contributed by atoms with Gasteiger partial charge < -0.3 is 15.4 Å². The lowest BCUT2D eigenvalue weighted by atomic mass is 10.0. The van der Waals surface area contributed by atoms with Crippen LogP contribution in [-0.2, 0) is 11.3 Å². The second-order valence-corrected chi connectivity index (χ2v) is 8.37. The molecule has 1 heterocycles. The number of nitrogens with one attached hydrogen (secondary N) is 2. The Morgan fingerprint density at radius 1 is 1.50 bits per heavy atom. The molecule has 2 N–H and O–H groups in total. The van der Waals surface area contributed by atoms with Gasteiger partial charge in [-0.15, -0.1) is 11.3 Å². The van der Waals surface area contributed by atoms with Crippen molar-refractivity contribution in [1.82, 2.24) is 15.6 Å². The van der Waals surface area contributed by atoms with Crippen LogP contribution in [0.3, 0.4) is 0 Å². The number of halogens is 1. The highest BCUT2D eigenvalue weighted by molar-refractivity contribution is 7.15. The summed E-state index contributed by atoms with van der Waals surface area (Å²) in [7, 11) is 0. The Morgan fingerprint density at radius 2 is 2.27 bits per heavy atom. The molecule has 124 valence electrons. The van der Waals surface area contributed by atoms with Crippen LogP contribution in [0.15, 0.2) is 6.20 Å². The van der Waals surface area contributed by atoms with Crippen LogP contribution in [0.5, 0.6) is 0 Å². The molecule has 0 aliphatic heterocycles. The van der Waals surface area contributed by atoms with Crippen molar-refractivity contribution in [3.8, 4) is 0 Å².